The lowest BCUT2D eigenvalue weighted by Crippen LogP contribution is -2.10. The lowest BCUT2D eigenvalue weighted by atomic mass is 10.1. The molecular weight excluding hydrogens is 270 g/mol. The number of hydrogen-bond donors (Lipinski definition) is 0. The van der Waals surface area contributed by atoms with E-state index in [4.69, 9.17) is 17.0 Å². The molecule has 0 saturated carbocycles. The zero-order valence-corrected chi connectivity index (χ0v) is 12.9. The second-order valence-electron chi connectivity index (χ2n) is 4.71. The maximum atomic E-state index is 11.9. The number of para-hydroxylation sites is 1. The Morgan fingerprint density at radius 2 is 1.90 bits per heavy atom. The van der Waals surface area contributed by atoms with Gasteiger partial charge in [-0.25, -0.2) is 0 Å². The van der Waals surface area contributed by atoms with E-state index in [0.29, 0.717) is 16.0 Å². The smallest absolute Gasteiger partial charge is 0.166 e. The Hall–Kier alpha value is -1.94. The average molecular weight is 287 g/mol. The molecule has 0 N–H and O–H groups in total. The van der Waals surface area contributed by atoms with Gasteiger partial charge in [-0.3, -0.25) is 4.79 Å². The monoisotopic (exact) mass is 287 g/mol. The molecule has 0 aliphatic heterocycles. The first-order valence-electron chi connectivity index (χ1n) is 6.35. The summed E-state index contributed by atoms with van der Waals surface area (Å²) in [5.74, 6) is 0.444. The minimum atomic E-state index is -0.0887. The normalized spacial score (nSPS) is 10.4. The summed E-state index contributed by atoms with van der Waals surface area (Å²) in [4.78, 5) is 11.9. The molecule has 2 aromatic rings. The molecule has 0 spiro atoms. The van der Waals surface area contributed by atoms with Crippen molar-refractivity contribution in [2.45, 2.75) is 20.8 Å². The molecule has 1 aromatic heterocycles. The van der Waals surface area contributed by atoms with Crippen molar-refractivity contribution in [1.82, 2.24) is 4.57 Å². The molecule has 0 unspecified atom stereocenters. The van der Waals surface area contributed by atoms with E-state index < -0.39 is 0 Å². The number of methoxy groups -OCH3 is 1. The van der Waals surface area contributed by atoms with E-state index in [2.05, 4.69) is 0 Å². The van der Waals surface area contributed by atoms with Crippen molar-refractivity contribution in [2.24, 2.45) is 0 Å². The van der Waals surface area contributed by atoms with Crippen LogP contribution in [0.15, 0.2) is 30.3 Å². The van der Waals surface area contributed by atoms with Crippen LogP contribution in [-0.2, 0) is 0 Å². The molecular formula is C16H17NO2S. The van der Waals surface area contributed by atoms with Gasteiger partial charge < -0.3 is 9.30 Å². The first-order chi connectivity index (χ1) is 9.47. The van der Waals surface area contributed by atoms with Gasteiger partial charge in [-0.15, -0.1) is 0 Å². The van der Waals surface area contributed by atoms with Gasteiger partial charge in [0.25, 0.3) is 0 Å². The highest BCUT2D eigenvalue weighted by atomic mass is 32.1. The summed E-state index contributed by atoms with van der Waals surface area (Å²) in [5, 5.41) is 0. The Morgan fingerprint density at radius 1 is 1.25 bits per heavy atom. The number of ether oxygens (including phenoxy) is 1. The Kier molecular flexibility index (Phi) is 4.04. The molecule has 0 aliphatic carbocycles. The van der Waals surface area contributed by atoms with E-state index in [9.17, 15) is 4.79 Å². The molecule has 0 amide bonds. The van der Waals surface area contributed by atoms with Crippen LogP contribution in [0.25, 0.3) is 5.69 Å². The van der Waals surface area contributed by atoms with Crippen molar-refractivity contribution in [2.75, 3.05) is 7.11 Å². The van der Waals surface area contributed by atoms with E-state index >= 15 is 0 Å². The number of benzene rings is 1. The highest BCUT2D eigenvalue weighted by molar-refractivity contribution is 7.71. The summed E-state index contributed by atoms with van der Waals surface area (Å²) < 4.78 is 7.70. The molecule has 2 rings (SSSR count). The third-order valence-corrected chi connectivity index (χ3v) is 3.67. The minimum absolute atomic E-state index is 0.0887. The fraction of sp³-hybridized carbons (Fsp3) is 0.250. The van der Waals surface area contributed by atoms with Crippen LogP contribution in [0.3, 0.4) is 0 Å². The summed E-state index contributed by atoms with van der Waals surface area (Å²) in [5.41, 5.74) is 3.48. The Balaban J connectivity index is 2.86. The second-order valence-corrected chi connectivity index (χ2v) is 5.10. The van der Waals surface area contributed by atoms with Gasteiger partial charge in [0.2, 0.25) is 0 Å². The van der Waals surface area contributed by atoms with E-state index in [-0.39, 0.29) is 5.78 Å². The topological polar surface area (TPSA) is 31.2 Å². The Morgan fingerprint density at radius 3 is 2.45 bits per heavy atom. The van der Waals surface area contributed by atoms with Crippen LogP contribution in [0.5, 0.6) is 5.75 Å². The molecule has 4 heteroatoms. The molecule has 0 atom stereocenters. The molecule has 0 fully saturated rings. The van der Waals surface area contributed by atoms with Crippen LogP contribution in [0.1, 0.15) is 28.5 Å². The molecule has 0 radical (unpaired) electrons. The third kappa shape index (κ3) is 2.39. The van der Waals surface area contributed by atoms with Crippen molar-refractivity contribution in [3.8, 4) is 11.4 Å². The Bertz CT molecular complexity index is 732. The molecule has 3 nitrogen and oxygen atoms in total. The second kappa shape index (κ2) is 5.59. The molecule has 1 heterocycles. The van der Waals surface area contributed by atoms with Crippen molar-refractivity contribution >= 4 is 18.0 Å². The van der Waals surface area contributed by atoms with E-state index in [0.717, 1.165) is 16.9 Å². The zero-order valence-electron chi connectivity index (χ0n) is 12.1. The molecule has 20 heavy (non-hydrogen) atoms. The minimum Gasteiger partial charge on any atom is -0.496 e. The summed E-state index contributed by atoms with van der Waals surface area (Å²) in [6.07, 6.45) is 0. The quantitative estimate of drug-likeness (QED) is 0.631. The summed E-state index contributed by atoms with van der Waals surface area (Å²) >= 11 is 5.51. The van der Waals surface area contributed by atoms with Crippen molar-refractivity contribution in [3.05, 3.63) is 51.8 Å². The van der Waals surface area contributed by atoms with E-state index in [1.807, 2.05) is 48.7 Å². The lowest BCUT2D eigenvalue weighted by molar-refractivity contribution is 0.101. The van der Waals surface area contributed by atoms with Crippen LogP contribution >= 0.6 is 12.2 Å². The van der Waals surface area contributed by atoms with Crippen LogP contribution < -0.4 is 4.74 Å². The molecule has 104 valence electrons. The first-order valence-corrected chi connectivity index (χ1v) is 6.75. The SMILES string of the molecule is COc1cc(C)n(-c2ccccc2C)c(=S)c1C(C)=O. The van der Waals surface area contributed by atoms with Crippen LogP contribution in [0, 0.1) is 18.5 Å². The number of Topliss-reactive ketones (excluding diaryl/α,β-unsaturated/α-hetero) is 1. The predicted octanol–water partition coefficient (Wildman–Crippen LogP) is 4.03. The molecule has 0 aliphatic rings. The lowest BCUT2D eigenvalue weighted by Gasteiger charge is -2.17. The van der Waals surface area contributed by atoms with Crippen molar-refractivity contribution in [1.29, 1.82) is 0 Å². The van der Waals surface area contributed by atoms with Crippen LogP contribution in [0.4, 0.5) is 0 Å². The third-order valence-electron chi connectivity index (χ3n) is 3.28. The highest BCUT2D eigenvalue weighted by Gasteiger charge is 2.16. The molecule has 1 aromatic carbocycles. The van der Waals surface area contributed by atoms with E-state index in [1.54, 1.807) is 7.11 Å². The van der Waals surface area contributed by atoms with Gasteiger partial charge in [-0.2, -0.15) is 0 Å². The maximum Gasteiger partial charge on any atom is 0.166 e. The number of ketones is 1. The Labute approximate surface area is 123 Å². The van der Waals surface area contributed by atoms with Gasteiger partial charge in [0.05, 0.1) is 12.7 Å². The molecule has 0 bridgehead atoms. The van der Waals surface area contributed by atoms with Gasteiger partial charge in [0.1, 0.15) is 10.4 Å². The number of carbonyl (C=O) groups excluding carboxylic acids is 1. The van der Waals surface area contributed by atoms with E-state index in [1.165, 1.54) is 6.92 Å². The zero-order chi connectivity index (χ0) is 14.9. The first kappa shape index (κ1) is 14.5. The molecule has 0 saturated heterocycles. The largest absolute Gasteiger partial charge is 0.496 e. The van der Waals surface area contributed by atoms with Crippen molar-refractivity contribution < 1.29 is 9.53 Å². The average Bonchev–Trinajstić information content (AvgIpc) is 2.39. The number of aromatic nitrogens is 1. The number of aryl methyl sites for hydroxylation is 2. The van der Waals surface area contributed by atoms with Gasteiger partial charge in [-0.1, -0.05) is 30.4 Å². The summed E-state index contributed by atoms with van der Waals surface area (Å²) in [6.45, 7) is 5.48. The number of rotatable bonds is 3. The fourth-order valence-corrected chi connectivity index (χ4v) is 2.79. The number of pyridine rings is 1. The number of hydrogen-bond acceptors (Lipinski definition) is 3. The van der Waals surface area contributed by atoms with Crippen LogP contribution in [0.2, 0.25) is 0 Å². The summed E-state index contributed by atoms with van der Waals surface area (Å²) in [6, 6.07) is 9.80. The standard InChI is InChI=1S/C16H17NO2S/c1-10-7-5-6-8-13(10)17-11(2)9-14(19-4)15(12(3)18)16(17)20/h5-9H,1-4H3. The predicted molar refractivity (Wildman–Crippen MR) is 82.6 cm³/mol. The maximum absolute atomic E-state index is 11.9. The van der Waals surface area contributed by atoms with Gasteiger partial charge in [0.15, 0.2) is 5.78 Å². The van der Waals surface area contributed by atoms with Crippen molar-refractivity contribution in [3.63, 3.8) is 0 Å². The fourth-order valence-electron chi connectivity index (χ4n) is 2.30. The van der Waals surface area contributed by atoms with Gasteiger partial charge in [0, 0.05) is 17.4 Å². The highest BCUT2D eigenvalue weighted by Crippen LogP contribution is 2.26. The number of nitrogens with zero attached hydrogens (tertiary/aromatic N) is 1. The summed E-state index contributed by atoms with van der Waals surface area (Å²) in [7, 11) is 1.55. The van der Waals surface area contributed by atoms with Gasteiger partial charge in [-0.05, 0) is 32.4 Å². The number of carbonyl (C=O) groups is 1. The van der Waals surface area contributed by atoms with Crippen LogP contribution in [-0.4, -0.2) is 17.5 Å². The van der Waals surface area contributed by atoms with Gasteiger partial charge >= 0.3 is 0 Å².